The number of benzene rings is 2. The molecular weight excluding hydrogens is 539 g/mol. The largest absolute Gasteiger partial charge is 0.369 e. The average molecular weight is 571 g/mol. The number of aliphatic imine (C=N–C) groups is 2. The molecule has 15 heteroatoms. The molecule has 0 aliphatic carbocycles. The number of nitrogens with one attached hydrogen (secondary N) is 1. The van der Waals surface area contributed by atoms with Gasteiger partial charge in [-0.1, -0.05) is 12.1 Å². The van der Waals surface area contributed by atoms with Gasteiger partial charge >= 0.3 is 10.2 Å². The molecule has 208 valence electrons. The standard InChI is InChI=1S/C21H25FN6O3S.C2H6O3S/c1-13-12-15(7-10-17(13)32(22,30)31)25-18(29)11-6-14-4-8-16(9-5-14)28-20(24)26-19(23)27-21(28,2)3;1-2-6(3,4)5/h4-5,7-10,12H,6,11H2,1-3H3,(H,25,29)(H4,23,24,26,27);2H2,1H3,(H,3,4,5). The maximum Gasteiger partial charge on any atom is 0.332 e. The first-order valence-electron chi connectivity index (χ1n) is 11.3. The summed E-state index contributed by atoms with van der Waals surface area (Å²) >= 11 is 0. The van der Waals surface area contributed by atoms with E-state index in [4.69, 9.17) is 16.0 Å². The Hall–Kier alpha value is -3.56. The maximum atomic E-state index is 13.2. The van der Waals surface area contributed by atoms with Crippen molar-refractivity contribution >= 4 is 49.5 Å². The summed E-state index contributed by atoms with van der Waals surface area (Å²) in [5, 5.41) is 2.69. The molecule has 0 fully saturated rings. The fraction of sp³-hybridized carbons (Fsp3) is 0.348. The smallest absolute Gasteiger partial charge is 0.332 e. The lowest BCUT2D eigenvalue weighted by molar-refractivity contribution is -0.116. The van der Waals surface area contributed by atoms with Crippen LogP contribution in [0.4, 0.5) is 15.3 Å². The second kappa shape index (κ2) is 11.9. The molecule has 1 heterocycles. The number of carbonyl (C=O) groups is 1. The van der Waals surface area contributed by atoms with Crippen LogP contribution in [0, 0.1) is 6.92 Å². The van der Waals surface area contributed by atoms with Crippen molar-refractivity contribution in [2.75, 3.05) is 16.0 Å². The number of anilines is 2. The van der Waals surface area contributed by atoms with Crippen LogP contribution in [0.3, 0.4) is 0 Å². The molecule has 0 unspecified atom stereocenters. The number of amides is 1. The Labute approximate surface area is 221 Å². The van der Waals surface area contributed by atoms with Crippen molar-refractivity contribution in [1.82, 2.24) is 0 Å². The van der Waals surface area contributed by atoms with Gasteiger partial charge in [-0.25, -0.2) is 4.99 Å². The van der Waals surface area contributed by atoms with Crippen molar-refractivity contribution in [2.45, 2.75) is 51.1 Å². The van der Waals surface area contributed by atoms with Gasteiger partial charge in [0, 0.05) is 17.8 Å². The summed E-state index contributed by atoms with van der Waals surface area (Å²) in [6, 6.07) is 11.4. The van der Waals surface area contributed by atoms with E-state index in [1.54, 1.807) is 4.90 Å². The summed E-state index contributed by atoms with van der Waals surface area (Å²) in [6.45, 7) is 6.58. The highest BCUT2D eigenvalue weighted by Gasteiger charge is 2.32. The first kappa shape index (κ1) is 30.7. The third-order valence-corrected chi connectivity index (χ3v) is 7.03. The first-order chi connectivity index (χ1) is 17.4. The number of hydrogen-bond donors (Lipinski definition) is 4. The number of hydrogen-bond acceptors (Lipinski definition) is 10. The van der Waals surface area contributed by atoms with Gasteiger partial charge in [-0.15, -0.1) is 3.89 Å². The van der Waals surface area contributed by atoms with E-state index in [0.717, 1.165) is 17.3 Å². The third kappa shape index (κ3) is 8.78. The van der Waals surface area contributed by atoms with Crippen LogP contribution in [-0.2, 0) is 31.6 Å². The zero-order chi connectivity index (χ0) is 28.9. The zero-order valence-corrected chi connectivity index (χ0v) is 23.0. The zero-order valence-electron chi connectivity index (χ0n) is 21.3. The quantitative estimate of drug-likeness (QED) is 0.285. The molecule has 2 aromatic carbocycles. The predicted molar refractivity (Wildman–Crippen MR) is 145 cm³/mol. The van der Waals surface area contributed by atoms with E-state index in [2.05, 4.69) is 15.3 Å². The van der Waals surface area contributed by atoms with E-state index in [1.165, 1.54) is 26.0 Å². The van der Waals surface area contributed by atoms with Crippen molar-refractivity contribution < 1.29 is 30.1 Å². The number of aryl methyl sites for hydroxylation is 2. The SMILES string of the molecule is CCS(=O)(=O)O.Cc1cc(NC(=O)CCc2ccc(N3C(N)=NC(N)=NC3(C)C)cc2)ccc1S(=O)(=O)F. The highest BCUT2D eigenvalue weighted by molar-refractivity contribution is 7.86. The lowest BCUT2D eigenvalue weighted by atomic mass is 10.1. The van der Waals surface area contributed by atoms with Gasteiger partial charge in [-0.2, -0.15) is 21.8 Å². The lowest BCUT2D eigenvalue weighted by Crippen LogP contribution is -2.54. The second-order valence-electron chi connectivity index (χ2n) is 8.77. The molecule has 0 spiro atoms. The van der Waals surface area contributed by atoms with E-state index < -0.39 is 30.9 Å². The van der Waals surface area contributed by atoms with Crippen LogP contribution >= 0.6 is 0 Å². The van der Waals surface area contributed by atoms with Gasteiger partial charge in [0.05, 0.1) is 5.75 Å². The molecule has 0 saturated heterocycles. The molecule has 2 aromatic rings. The van der Waals surface area contributed by atoms with Gasteiger partial charge in [0.15, 0.2) is 0 Å². The Morgan fingerprint density at radius 2 is 1.68 bits per heavy atom. The van der Waals surface area contributed by atoms with Crippen molar-refractivity contribution in [3.8, 4) is 0 Å². The molecule has 3 rings (SSSR count). The number of rotatable bonds is 7. The summed E-state index contributed by atoms with van der Waals surface area (Å²) in [5.41, 5.74) is 13.4. The molecule has 0 radical (unpaired) electrons. The highest BCUT2D eigenvalue weighted by atomic mass is 32.3. The molecular formula is C23H31FN6O6S2. The van der Waals surface area contributed by atoms with E-state index in [9.17, 15) is 25.5 Å². The van der Waals surface area contributed by atoms with Crippen molar-refractivity contribution in [1.29, 1.82) is 0 Å². The predicted octanol–water partition coefficient (Wildman–Crippen LogP) is 2.30. The first-order valence-corrected chi connectivity index (χ1v) is 14.3. The molecule has 0 atom stereocenters. The molecule has 38 heavy (non-hydrogen) atoms. The van der Waals surface area contributed by atoms with Gasteiger partial charge in [-0.05, 0) is 75.6 Å². The summed E-state index contributed by atoms with van der Waals surface area (Å²) in [7, 11) is -8.46. The van der Waals surface area contributed by atoms with Crippen LogP contribution in [0.2, 0.25) is 0 Å². The van der Waals surface area contributed by atoms with Crippen molar-refractivity contribution in [3.63, 3.8) is 0 Å². The van der Waals surface area contributed by atoms with Gasteiger partial charge < -0.3 is 16.8 Å². The molecule has 1 aliphatic rings. The number of nitrogens with zero attached hydrogens (tertiary/aromatic N) is 3. The molecule has 6 N–H and O–H groups in total. The van der Waals surface area contributed by atoms with Crippen LogP contribution in [0.5, 0.6) is 0 Å². The Morgan fingerprint density at radius 1 is 1.11 bits per heavy atom. The number of carbonyl (C=O) groups excluding carboxylic acids is 1. The van der Waals surface area contributed by atoms with Crippen LogP contribution in [0.15, 0.2) is 57.3 Å². The number of nitrogens with two attached hydrogens (primary N) is 2. The third-order valence-electron chi connectivity index (χ3n) is 5.32. The fourth-order valence-electron chi connectivity index (χ4n) is 3.54. The Balaban J connectivity index is 0.000000757. The summed E-state index contributed by atoms with van der Waals surface area (Å²) in [6.07, 6.45) is 0.696. The van der Waals surface area contributed by atoms with Gasteiger partial charge in [0.25, 0.3) is 10.1 Å². The minimum atomic E-state index is -4.79. The Bertz CT molecular complexity index is 1460. The maximum absolute atomic E-state index is 13.2. The molecule has 1 amide bonds. The lowest BCUT2D eigenvalue weighted by Gasteiger charge is -2.38. The van der Waals surface area contributed by atoms with Crippen LogP contribution in [-0.4, -0.2) is 50.6 Å². The Morgan fingerprint density at radius 3 is 2.16 bits per heavy atom. The van der Waals surface area contributed by atoms with Gasteiger partial charge in [0.1, 0.15) is 10.6 Å². The van der Waals surface area contributed by atoms with Crippen LogP contribution < -0.4 is 21.7 Å². The van der Waals surface area contributed by atoms with Crippen molar-refractivity contribution in [2.24, 2.45) is 21.5 Å². The Kier molecular flexibility index (Phi) is 9.58. The second-order valence-corrected chi connectivity index (χ2v) is 11.8. The number of halogens is 1. The van der Waals surface area contributed by atoms with Gasteiger partial charge in [-0.3, -0.25) is 14.2 Å². The minimum absolute atomic E-state index is 0.127. The highest BCUT2D eigenvalue weighted by Crippen LogP contribution is 2.28. The summed E-state index contributed by atoms with van der Waals surface area (Å²) in [5.74, 6) is -0.0748. The van der Waals surface area contributed by atoms with Crippen LogP contribution in [0.25, 0.3) is 0 Å². The van der Waals surface area contributed by atoms with E-state index in [-0.39, 0.29) is 35.6 Å². The van der Waals surface area contributed by atoms with E-state index in [0.29, 0.717) is 12.1 Å². The topological polar surface area (TPSA) is 198 Å². The molecule has 0 saturated carbocycles. The molecule has 0 aromatic heterocycles. The number of guanidine groups is 2. The van der Waals surface area contributed by atoms with Gasteiger partial charge in [0.2, 0.25) is 17.8 Å². The molecule has 1 aliphatic heterocycles. The molecule has 12 nitrogen and oxygen atoms in total. The molecule has 0 bridgehead atoms. The van der Waals surface area contributed by atoms with Crippen molar-refractivity contribution in [3.05, 3.63) is 53.6 Å². The van der Waals surface area contributed by atoms with E-state index >= 15 is 0 Å². The fourth-order valence-corrected chi connectivity index (χ4v) is 4.22. The van der Waals surface area contributed by atoms with Crippen LogP contribution in [0.1, 0.15) is 38.3 Å². The minimum Gasteiger partial charge on any atom is -0.369 e. The summed E-state index contributed by atoms with van der Waals surface area (Å²) in [4.78, 5) is 22.0. The normalized spacial score (nSPS) is 15.1. The monoisotopic (exact) mass is 570 g/mol. The average Bonchev–Trinajstić information content (AvgIpc) is 2.76. The summed E-state index contributed by atoms with van der Waals surface area (Å²) < 4.78 is 62.2. The van der Waals surface area contributed by atoms with E-state index in [1.807, 2.05) is 38.1 Å².